The maximum absolute atomic E-state index is 12.4. The molecule has 0 amide bonds. The van der Waals surface area contributed by atoms with E-state index in [2.05, 4.69) is 15.9 Å². The van der Waals surface area contributed by atoms with Gasteiger partial charge in [0.15, 0.2) is 0 Å². The van der Waals surface area contributed by atoms with Crippen LogP contribution in [0.4, 0.5) is 0 Å². The van der Waals surface area contributed by atoms with Crippen LogP contribution in [0, 0.1) is 11.8 Å². The molecule has 0 bridgehead atoms. The molecular weight excluding hydrogens is 348 g/mol. The van der Waals surface area contributed by atoms with Crippen LogP contribution >= 0.6 is 15.9 Å². The number of carbonyl (C=O) groups is 3. The number of hydrogen-bond acceptors (Lipinski definition) is 4. The Balaban J connectivity index is 2.61. The number of hydrogen-bond donors (Lipinski definition) is 1. The Hall–Kier alpha value is -1.33. The Bertz CT molecular complexity index is 618. The molecule has 1 saturated carbocycles. The lowest BCUT2D eigenvalue weighted by Crippen LogP contribution is -2.53. The maximum atomic E-state index is 12.4. The maximum Gasteiger partial charge on any atom is 0.146 e. The standard InChI is InChI=1S/C17H19BrO4/c1-9(19)14-13(21)8-17(3,22)16(10(2)20)15(14)11-4-6-12(18)7-5-11/h4-7,14-16,22H,8H2,1-3H3/t14-,15+,16+,17+/m1/s1. The number of carbonyl (C=O) groups excluding carboxylic acids is 3. The highest BCUT2D eigenvalue weighted by Gasteiger charge is 2.53. The first-order valence-corrected chi connectivity index (χ1v) is 7.96. The van der Waals surface area contributed by atoms with E-state index in [-0.39, 0.29) is 23.8 Å². The number of benzene rings is 1. The van der Waals surface area contributed by atoms with E-state index in [4.69, 9.17) is 0 Å². The molecule has 0 spiro atoms. The highest BCUT2D eigenvalue weighted by molar-refractivity contribution is 9.10. The summed E-state index contributed by atoms with van der Waals surface area (Å²) in [5.41, 5.74) is -0.719. The molecule has 1 fully saturated rings. The molecule has 1 aromatic carbocycles. The van der Waals surface area contributed by atoms with Gasteiger partial charge in [0.2, 0.25) is 0 Å². The summed E-state index contributed by atoms with van der Waals surface area (Å²) in [6.07, 6.45) is -0.172. The second-order valence-corrected chi connectivity index (χ2v) is 7.17. The smallest absolute Gasteiger partial charge is 0.146 e. The fraction of sp³-hybridized carbons (Fsp3) is 0.471. The van der Waals surface area contributed by atoms with Gasteiger partial charge in [-0.25, -0.2) is 0 Å². The zero-order valence-corrected chi connectivity index (χ0v) is 14.4. The topological polar surface area (TPSA) is 71.4 Å². The van der Waals surface area contributed by atoms with Gasteiger partial charge in [-0.2, -0.15) is 0 Å². The summed E-state index contributed by atoms with van der Waals surface area (Å²) in [5.74, 6) is -3.06. The number of rotatable bonds is 3. The van der Waals surface area contributed by atoms with E-state index in [1.165, 1.54) is 20.8 Å². The lowest BCUT2D eigenvalue weighted by molar-refractivity contribution is -0.151. The Morgan fingerprint density at radius 2 is 1.73 bits per heavy atom. The SMILES string of the molecule is CC(=O)[C@@H]1C(=O)C[C@](C)(O)[C@@H](C(C)=O)[C@H]1c1ccc(Br)cc1. The fourth-order valence-electron chi connectivity index (χ4n) is 3.59. The van der Waals surface area contributed by atoms with Crippen LogP contribution in [0.2, 0.25) is 0 Å². The fourth-order valence-corrected chi connectivity index (χ4v) is 3.86. The lowest BCUT2D eigenvalue weighted by Gasteiger charge is -2.44. The van der Waals surface area contributed by atoms with Crippen LogP contribution in [0.1, 0.15) is 38.7 Å². The van der Waals surface area contributed by atoms with Crippen LogP contribution in [-0.2, 0) is 14.4 Å². The second-order valence-electron chi connectivity index (χ2n) is 6.25. The third-order valence-corrected chi connectivity index (χ3v) is 4.93. The highest BCUT2D eigenvalue weighted by Crippen LogP contribution is 2.46. The van der Waals surface area contributed by atoms with Crippen molar-refractivity contribution >= 4 is 33.3 Å². The normalized spacial score (nSPS) is 31.9. The van der Waals surface area contributed by atoms with Gasteiger partial charge >= 0.3 is 0 Å². The molecule has 0 saturated heterocycles. The molecule has 2 rings (SSSR count). The monoisotopic (exact) mass is 366 g/mol. The molecule has 22 heavy (non-hydrogen) atoms. The molecule has 118 valence electrons. The number of aliphatic hydroxyl groups is 1. The minimum Gasteiger partial charge on any atom is -0.389 e. The summed E-state index contributed by atoms with van der Waals surface area (Å²) in [4.78, 5) is 36.5. The summed E-state index contributed by atoms with van der Waals surface area (Å²) in [6, 6.07) is 7.18. The van der Waals surface area contributed by atoms with E-state index in [1.807, 2.05) is 0 Å². The molecule has 0 aromatic heterocycles. The van der Waals surface area contributed by atoms with Gasteiger partial charge in [-0.3, -0.25) is 14.4 Å². The Kier molecular flexibility index (Phi) is 4.68. The van der Waals surface area contributed by atoms with Gasteiger partial charge in [0, 0.05) is 16.8 Å². The van der Waals surface area contributed by atoms with Crippen molar-refractivity contribution in [1.82, 2.24) is 0 Å². The first-order chi connectivity index (χ1) is 10.1. The van der Waals surface area contributed by atoms with Crippen LogP contribution in [-0.4, -0.2) is 28.1 Å². The van der Waals surface area contributed by atoms with Crippen molar-refractivity contribution in [2.45, 2.75) is 38.7 Å². The third kappa shape index (κ3) is 3.06. The summed E-state index contributed by atoms with van der Waals surface area (Å²) in [5, 5.41) is 10.6. The van der Waals surface area contributed by atoms with Crippen LogP contribution in [0.5, 0.6) is 0 Å². The summed E-state index contributed by atoms with van der Waals surface area (Å²) in [6.45, 7) is 4.27. The average molecular weight is 367 g/mol. The zero-order chi connectivity index (χ0) is 16.7. The molecule has 0 radical (unpaired) electrons. The average Bonchev–Trinajstić information content (AvgIpc) is 2.36. The summed E-state index contributed by atoms with van der Waals surface area (Å²) < 4.78 is 0.865. The number of Topliss-reactive ketones (excluding diaryl/α,β-unsaturated/α-hetero) is 3. The first-order valence-electron chi connectivity index (χ1n) is 7.16. The molecule has 1 N–H and O–H groups in total. The van der Waals surface area contributed by atoms with E-state index < -0.39 is 23.4 Å². The zero-order valence-electron chi connectivity index (χ0n) is 12.8. The predicted molar refractivity (Wildman–Crippen MR) is 85.5 cm³/mol. The van der Waals surface area contributed by atoms with Gasteiger partial charge in [-0.1, -0.05) is 28.1 Å². The van der Waals surface area contributed by atoms with Crippen molar-refractivity contribution in [2.24, 2.45) is 11.8 Å². The van der Waals surface area contributed by atoms with Crippen molar-refractivity contribution < 1.29 is 19.5 Å². The van der Waals surface area contributed by atoms with Crippen molar-refractivity contribution in [3.63, 3.8) is 0 Å². The van der Waals surface area contributed by atoms with Gasteiger partial charge < -0.3 is 5.11 Å². The Morgan fingerprint density at radius 3 is 2.18 bits per heavy atom. The van der Waals surface area contributed by atoms with Gasteiger partial charge in [-0.05, 0) is 38.5 Å². The quantitative estimate of drug-likeness (QED) is 0.834. The van der Waals surface area contributed by atoms with Crippen LogP contribution in [0.15, 0.2) is 28.7 Å². The largest absolute Gasteiger partial charge is 0.389 e. The molecule has 5 heteroatoms. The molecule has 1 aliphatic rings. The number of halogens is 1. The minimum absolute atomic E-state index is 0.172. The van der Waals surface area contributed by atoms with Crippen molar-refractivity contribution in [1.29, 1.82) is 0 Å². The van der Waals surface area contributed by atoms with Crippen molar-refractivity contribution in [3.8, 4) is 0 Å². The first kappa shape index (κ1) is 17.0. The van der Waals surface area contributed by atoms with Crippen molar-refractivity contribution in [3.05, 3.63) is 34.3 Å². The third-order valence-electron chi connectivity index (χ3n) is 4.40. The van der Waals surface area contributed by atoms with Gasteiger partial charge in [-0.15, -0.1) is 0 Å². The summed E-state index contributed by atoms with van der Waals surface area (Å²) in [7, 11) is 0. The van der Waals surface area contributed by atoms with E-state index in [1.54, 1.807) is 24.3 Å². The van der Waals surface area contributed by atoms with Gasteiger partial charge in [0.05, 0.1) is 17.4 Å². The molecule has 0 aliphatic heterocycles. The van der Waals surface area contributed by atoms with Crippen LogP contribution in [0.3, 0.4) is 0 Å². The Morgan fingerprint density at radius 1 is 1.18 bits per heavy atom. The van der Waals surface area contributed by atoms with E-state index >= 15 is 0 Å². The minimum atomic E-state index is -1.44. The van der Waals surface area contributed by atoms with E-state index in [0.29, 0.717) is 0 Å². The van der Waals surface area contributed by atoms with Gasteiger partial charge in [0.1, 0.15) is 17.3 Å². The molecule has 0 heterocycles. The van der Waals surface area contributed by atoms with Crippen molar-refractivity contribution in [2.75, 3.05) is 0 Å². The van der Waals surface area contributed by atoms with E-state index in [9.17, 15) is 19.5 Å². The summed E-state index contributed by atoms with van der Waals surface area (Å²) >= 11 is 3.34. The lowest BCUT2D eigenvalue weighted by atomic mass is 9.60. The number of ketones is 3. The molecule has 4 nitrogen and oxygen atoms in total. The molecule has 1 aromatic rings. The molecular formula is C17H19BrO4. The highest BCUT2D eigenvalue weighted by atomic mass is 79.9. The van der Waals surface area contributed by atoms with E-state index in [0.717, 1.165) is 10.0 Å². The predicted octanol–water partition coefficient (Wildman–Crippen LogP) is 2.67. The molecule has 1 aliphatic carbocycles. The van der Waals surface area contributed by atoms with Gasteiger partial charge in [0.25, 0.3) is 0 Å². The van der Waals surface area contributed by atoms with Crippen LogP contribution < -0.4 is 0 Å². The molecule has 4 atom stereocenters. The van der Waals surface area contributed by atoms with Crippen LogP contribution in [0.25, 0.3) is 0 Å². The Labute approximate surface area is 138 Å². The second kappa shape index (κ2) is 6.05. The molecule has 0 unspecified atom stereocenters.